The molecule has 2 aromatic heterocycles. The van der Waals surface area contributed by atoms with Crippen molar-refractivity contribution in [2.45, 2.75) is 8.42 Å². The van der Waals surface area contributed by atoms with Gasteiger partial charge in [0.05, 0.1) is 21.4 Å². The van der Waals surface area contributed by atoms with E-state index in [-0.39, 0.29) is 19.8 Å². The molecular formula is C20H18N4O6S4. The molecule has 3 aromatic rings. The first-order chi connectivity index (χ1) is 16.3. The van der Waals surface area contributed by atoms with Crippen LogP contribution in [-0.4, -0.2) is 30.3 Å². The molecule has 2 aliphatic rings. The highest BCUT2D eigenvalue weighted by molar-refractivity contribution is 7.95. The summed E-state index contributed by atoms with van der Waals surface area (Å²) in [4.78, 5) is 3.54. The van der Waals surface area contributed by atoms with Gasteiger partial charge >= 0.3 is 0 Å². The summed E-state index contributed by atoms with van der Waals surface area (Å²) >= 11 is 2.15. The lowest BCUT2D eigenvalue weighted by molar-refractivity contribution is 0.282. The average molecular weight is 539 g/mol. The van der Waals surface area contributed by atoms with Crippen LogP contribution in [-0.2, 0) is 29.5 Å². The van der Waals surface area contributed by atoms with Crippen LogP contribution in [0.3, 0.4) is 0 Å². The Kier molecular flexibility index (Phi) is 5.89. The smallest absolute Gasteiger partial charge is 0.271 e. The minimum Gasteiger partial charge on any atom is -0.479 e. The molecule has 0 bridgehead atoms. The van der Waals surface area contributed by atoms with Gasteiger partial charge in [-0.1, -0.05) is 12.1 Å². The minimum atomic E-state index is -3.96. The van der Waals surface area contributed by atoms with Crippen molar-refractivity contribution >= 4 is 64.1 Å². The summed E-state index contributed by atoms with van der Waals surface area (Å²) < 4.78 is 67.4. The Morgan fingerprint density at radius 1 is 0.676 bits per heavy atom. The molecule has 10 nitrogen and oxygen atoms in total. The van der Waals surface area contributed by atoms with Crippen LogP contribution >= 0.6 is 22.7 Å². The van der Waals surface area contributed by atoms with E-state index in [1.54, 1.807) is 46.5 Å². The molecule has 178 valence electrons. The lowest BCUT2D eigenvalue weighted by Gasteiger charge is -2.14. The quantitative estimate of drug-likeness (QED) is 0.443. The standard InChI is InChI=1S/C20H18N4O6S4/c25-33(26,19-7-5-17(31-19)23-9-11-29-13-23)21-15-3-1-2-4-16(15)22-34(27,28)20-8-6-18(32-20)24-10-12-30-14-24/h1-12,21-22H,13-14H2. The van der Waals surface area contributed by atoms with Crippen molar-refractivity contribution in [3.63, 3.8) is 0 Å². The van der Waals surface area contributed by atoms with Crippen molar-refractivity contribution in [3.8, 4) is 0 Å². The Morgan fingerprint density at radius 3 is 1.50 bits per heavy atom. The normalized spacial score (nSPS) is 15.4. The molecule has 34 heavy (non-hydrogen) atoms. The molecule has 2 aliphatic heterocycles. The first kappa shape index (κ1) is 22.6. The zero-order valence-electron chi connectivity index (χ0n) is 17.3. The molecular weight excluding hydrogens is 521 g/mol. The molecule has 5 rings (SSSR count). The molecule has 0 amide bonds. The van der Waals surface area contributed by atoms with E-state index in [2.05, 4.69) is 9.44 Å². The summed E-state index contributed by atoms with van der Waals surface area (Å²) in [5.74, 6) is 0. The average Bonchev–Trinajstić information content (AvgIpc) is 3.61. The van der Waals surface area contributed by atoms with E-state index >= 15 is 0 Å². The van der Waals surface area contributed by atoms with Gasteiger partial charge in [-0.25, -0.2) is 16.8 Å². The van der Waals surface area contributed by atoms with Gasteiger partial charge in [0.25, 0.3) is 20.0 Å². The third kappa shape index (κ3) is 4.57. The van der Waals surface area contributed by atoms with E-state index in [0.717, 1.165) is 22.7 Å². The molecule has 0 saturated heterocycles. The molecule has 0 fully saturated rings. The fraction of sp³-hybridized carbons (Fsp3) is 0.100. The van der Waals surface area contributed by atoms with Crippen LogP contribution in [0.15, 0.2) is 81.9 Å². The second kappa shape index (κ2) is 8.87. The van der Waals surface area contributed by atoms with E-state index in [0.29, 0.717) is 23.5 Å². The fourth-order valence-electron chi connectivity index (χ4n) is 3.11. The van der Waals surface area contributed by atoms with Gasteiger partial charge in [-0.05, 0) is 36.4 Å². The SMILES string of the molecule is O=S(=O)(Nc1ccccc1NS(=O)(=O)c1ccc(N2C=COC2)s1)c1ccc(N2C=COC2)s1. The predicted octanol–water partition coefficient (Wildman–Crippen LogP) is 3.94. The summed E-state index contributed by atoms with van der Waals surface area (Å²) in [5, 5.41) is 1.41. The van der Waals surface area contributed by atoms with Crippen molar-refractivity contribution < 1.29 is 26.3 Å². The topological polar surface area (TPSA) is 117 Å². The van der Waals surface area contributed by atoms with E-state index in [4.69, 9.17) is 9.47 Å². The highest BCUT2D eigenvalue weighted by Gasteiger charge is 2.24. The third-order valence-electron chi connectivity index (χ3n) is 4.75. The van der Waals surface area contributed by atoms with Crippen molar-refractivity contribution in [2.24, 2.45) is 0 Å². The molecule has 1 aromatic carbocycles. The van der Waals surface area contributed by atoms with E-state index in [1.165, 1.54) is 36.8 Å². The van der Waals surface area contributed by atoms with Crippen molar-refractivity contribution in [1.29, 1.82) is 0 Å². The highest BCUT2D eigenvalue weighted by atomic mass is 32.3. The van der Waals surface area contributed by atoms with Gasteiger partial charge in [-0.3, -0.25) is 9.44 Å². The first-order valence-electron chi connectivity index (χ1n) is 9.76. The molecule has 14 heteroatoms. The van der Waals surface area contributed by atoms with Gasteiger partial charge < -0.3 is 19.3 Å². The van der Waals surface area contributed by atoms with Crippen LogP contribution in [0.4, 0.5) is 21.4 Å². The van der Waals surface area contributed by atoms with Gasteiger partial charge in [-0.15, -0.1) is 22.7 Å². The number of hydrogen-bond acceptors (Lipinski definition) is 10. The zero-order chi connectivity index (χ0) is 23.8. The summed E-state index contributed by atoms with van der Waals surface area (Å²) in [6, 6.07) is 12.6. The van der Waals surface area contributed by atoms with Gasteiger partial charge in [0.1, 0.15) is 20.9 Å². The molecule has 0 spiro atoms. The Morgan fingerprint density at radius 2 is 1.12 bits per heavy atom. The zero-order valence-corrected chi connectivity index (χ0v) is 20.6. The van der Waals surface area contributed by atoms with Crippen molar-refractivity contribution in [3.05, 3.63) is 73.5 Å². The van der Waals surface area contributed by atoms with E-state index in [9.17, 15) is 16.8 Å². The summed E-state index contributed by atoms with van der Waals surface area (Å²) in [6.07, 6.45) is 6.48. The number of anilines is 4. The van der Waals surface area contributed by atoms with Gasteiger partial charge in [-0.2, -0.15) is 0 Å². The minimum absolute atomic E-state index is 0.0873. The number of para-hydroxylation sites is 2. The van der Waals surface area contributed by atoms with Crippen LogP contribution in [0.2, 0.25) is 0 Å². The third-order valence-corrected chi connectivity index (χ3v) is 10.7. The summed E-state index contributed by atoms with van der Waals surface area (Å²) in [7, 11) is -7.91. The largest absolute Gasteiger partial charge is 0.479 e. The monoisotopic (exact) mass is 538 g/mol. The Balaban J connectivity index is 1.36. The van der Waals surface area contributed by atoms with E-state index in [1.807, 2.05) is 0 Å². The van der Waals surface area contributed by atoms with Gasteiger partial charge in [0, 0.05) is 12.4 Å². The maximum Gasteiger partial charge on any atom is 0.271 e. The second-order valence-electron chi connectivity index (χ2n) is 7.04. The number of ether oxygens (including phenoxy) is 2. The van der Waals surface area contributed by atoms with Crippen molar-refractivity contribution in [2.75, 3.05) is 32.7 Å². The van der Waals surface area contributed by atoms with Crippen LogP contribution < -0.4 is 19.2 Å². The highest BCUT2D eigenvalue weighted by Crippen LogP contribution is 2.35. The Labute approximate surface area is 204 Å². The lowest BCUT2D eigenvalue weighted by Crippen LogP contribution is -2.16. The number of benzene rings is 1. The van der Waals surface area contributed by atoms with Crippen LogP contribution in [0, 0.1) is 0 Å². The van der Waals surface area contributed by atoms with Crippen LogP contribution in [0.25, 0.3) is 0 Å². The number of rotatable bonds is 8. The summed E-state index contributed by atoms with van der Waals surface area (Å²) in [6.45, 7) is 0.618. The number of thiophene rings is 2. The summed E-state index contributed by atoms with van der Waals surface area (Å²) in [5.41, 5.74) is 0.219. The fourth-order valence-corrected chi connectivity index (χ4v) is 7.80. The number of hydrogen-bond donors (Lipinski definition) is 2. The number of sulfonamides is 2. The number of nitrogens with one attached hydrogen (secondary N) is 2. The maximum absolute atomic E-state index is 13.0. The lowest BCUT2D eigenvalue weighted by atomic mass is 10.3. The second-order valence-corrected chi connectivity index (χ2v) is 13.0. The maximum atomic E-state index is 13.0. The molecule has 0 aliphatic carbocycles. The predicted molar refractivity (Wildman–Crippen MR) is 132 cm³/mol. The van der Waals surface area contributed by atoms with Gasteiger partial charge in [0.2, 0.25) is 0 Å². The molecule has 4 heterocycles. The van der Waals surface area contributed by atoms with Gasteiger partial charge in [0.15, 0.2) is 13.5 Å². The number of nitrogens with zero attached hydrogens (tertiary/aromatic N) is 2. The Bertz CT molecular complexity index is 1360. The molecule has 0 saturated carbocycles. The first-order valence-corrected chi connectivity index (χ1v) is 14.4. The molecule has 2 N–H and O–H groups in total. The van der Waals surface area contributed by atoms with E-state index < -0.39 is 20.0 Å². The van der Waals surface area contributed by atoms with Crippen LogP contribution in [0.5, 0.6) is 0 Å². The molecule has 0 atom stereocenters. The van der Waals surface area contributed by atoms with Crippen LogP contribution in [0.1, 0.15) is 0 Å². The molecule has 0 radical (unpaired) electrons. The Hall–Kier alpha value is -3.20. The van der Waals surface area contributed by atoms with Crippen molar-refractivity contribution in [1.82, 2.24) is 0 Å². The molecule has 0 unspecified atom stereocenters.